The highest BCUT2D eigenvalue weighted by atomic mass is 32.2. The van der Waals surface area contributed by atoms with Crippen molar-refractivity contribution in [2.75, 3.05) is 38.3 Å². The molecular weight excluding hydrogens is 378 g/mol. The van der Waals surface area contributed by atoms with E-state index in [2.05, 4.69) is 58.6 Å². The second kappa shape index (κ2) is 10.8. The number of rotatable bonds is 8. The summed E-state index contributed by atoms with van der Waals surface area (Å²) in [7, 11) is 2.21. The van der Waals surface area contributed by atoms with Crippen LogP contribution in [0.5, 0.6) is 0 Å². The first-order valence-electron chi connectivity index (χ1n) is 10.5. The Morgan fingerprint density at radius 3 is 2.59 bits per heavy atom. The summed E-state index contributed by atoms with van der Waals surface area (Å²) in [6.45, 7) is 6.11. The molecule has 29 heavy (non-hydrogen) atoms. The average molecular weight is 412 g/mol. The zero-order valence-corrected chi connectivity index (χ0v) is 18.6. The van der Waals surface area contributed by atoms with Crippen LogP contribution in [0.4, 0.5) is 5.69 Å². The first kappa shape index (κ1) is 21.9. The molecule has 1 fully saturated rings. The Morgan fingerprint density at radius 1 is 1.17 bits per heavy atom. The van der Waals surface area contributed by atoms with E-state index in [9.17, 15) is 4.79 Å². The molecule has 0 saturated carbocycles. The molecule has 2 aromatic carbocycles. The van der Waals surface area contributed by atoms with Crippen LogP contribution in [-0.2, 0) is 11.3 Å². The van der Waals surface area contributed by atoms with E-state index in [1.165, 1.54) is 5.56 Å². The molecule has 4 nitrogen and oxygen atoms in total. The van der Waals surface area contributed by atoms with Crippen LogP contribution in [0.1, 0.15) is 25.3 Å². The van der Waals surface area contributed by atoms with Gasteiger partial charge in [0.1, 0.15) is 0 Å². The predicted octanol–water partition coefficient (Wildman–Crippen LogP) is 4.58. The van der Waals surface area contributed by atoms with Gasteiger partial charge in [0.05, 0.1) is 6.04 Å². The van der Waals surface area contributed by atoms with Crippen LogP contribution < -0.4 is 5.32 Å². The summed E-state index contributed by atoms with van der Waals surface area (Å²) in [5.41, 5.74) is 2.24. The Labute approximate surface area is 179 Å². The summed E-state index contributed by atoms with van der Waals surface area (Å²) in [6, 6.07) is 18.6. The zero-order chi connectivity index (χ0) is 20.6. The first-order valence-corrected chi connectivity index (χ1v) is 11.7. The summed E-state index contributed by atoms with van der Waals surface area (Å²) in [5.74, 6) is 0.788. The maximum atomic E-state index is 12.7. The smallest absolute Gasteiger partial charge is 0.241 e. The number of piperidine rings is 1. The summed E-state index contributed by atoms with van der Waals surface area (Å²) in [5, 5.41) is 3.08. The lowest BCUT2D eigenvalue weighted by Crippen LogP contribution is -2.47. The van der Waals surface area contributed by atoms with E-state index in [-0.39, 0.29) is 11.9 Å². The van der Waals surface area contributed by atoms with Gasteiger partial charge in [-0.1, -0.05) is 36.4 Å². The molecule has 1 amide bonds. The Kier molecular flexibility index (Phi) is 8.16. The van der Waals surface area contributed by atoms with Crippen LogP contribution in [0.3, 0.4) is 0 Å². The van der Waals surface area contributed by atoms with Gasteiger partial charge in [-0.25, -0.2) is 0 Å². The van der Waals surface area contributed by atoms with Gasteiger partial charge in [0, 0.05) is 23.7 Å². The highest BCUT2D eigenvalue weighted by molar-refractivity contribution is 7.98. The Balaban J connectivity index is 1.43. The number of nitrogens with one attached hydrogen (secondary N) is 1. The van der Waals surface area contributed by atoms with Crippen LogP contribution in [0.2, 0.25) is 0 Å². The quantitative estimate of drug-likeness (QED) is 0.645. The number of thioether (sulfide) groups is 1. The van der Waals surface area contributed by atoms with E-state index in [1.807, 2.05) is 31.4 Å². The van der Waals surface area contributed by atoms with Crippen molar-refractivity contribution < 1.29 is 4.79 Å². The fraction of sp³-hybridized carbons (Fsp3) is 0.458. The molecule has 1 N–H and O–H groups in total. The van der Waals surface area contributed by atoms with Crippen molar-refractivity contribution in [3.05, 3.63) is 60.2 Å². The van der Waals surface area contributed by atoms with Crippen molar-refractivity contribution in [3.63, 3.8) is 0 Å². The lowest BCUT2D eigenvalue weighted by atomic mass is 9.95. The number of carbonyl (C=O) groups is 1. The van der Waals surface area contributed by atoms with Gasteiger partial charge in [0.15, 0.2) is 0 Å². The molecule has 0 radical (unpaired) electrons. The van der Waals surface area contributed by atoms with E-state index >= 15 is 0 Å². The molecule has 1 aliphatic rings. The minimum atomic E-state index is -0.101. The molecule has 1 unspecified atom stereocenters. The summed E-state index contributed by atoms with van der Waals surface area (Å²) >= 11 is 1.69. The molecule has 1 saturated heterocycles. The Morgan fingerprint density at radius 2 is 1.90 bits per heavy atom. The zero-order valence-electron chi connectivity index (χ0n) is 17.8. The van der Waals surface area contributed by atoms with E-state index < -0.39 is 0 Å². The highest BCUT2D eigenvalue weighted by Gasteiger charge is 2.27. The van der Waals surface area contributed by atoms with E-state index in [0.29, 0.717) is 5.92 Å². The number of hydrogen-bond acceptors (Lipinski definition) is 4. The minimum Gasteiger partial charge on any atom is -0.325 e. The molecule has 1 atom stereocenters. The standard InChI is InChI=1S/C24H33N3OS/c1-19(24(28)25-22-10-7-11-23(16-22)29-3)27-14-12-21(13-15-27)18-26(2)17-20-8-5-4-6-9-20/h4-11,16,19,21H,12-15,17-18H2,1-3H3,(H,25,28). The van der Waals surface area contributed by atoms with Gasteiger partial charge in [-0.3, -0.25) is 9.69 Å². The molecule has 1 aliphatic heterocycles. The summed E-state index contributed by atoms with van der Waals surface area (Å²) in [4.78, 5) is 18.6. The number of hydrogen-bond donors (Lipinski definition) is 1. The number of nitrogens with zero attached hydrogens (tertiary/aromatic N) is 2. The van der Waals surface area contributed by atoms with Crippen molar-refractivity contribution in [1.29, 1.82) is 0 Å². The lowest BCUT2D eigenvalue weighted by Gasteiger charge is -2.36. The van der Waals surface area contributed by atoms with Gasteiger partial charge in [0.25, 0.3) is 0 Å². The second-order valence-electron chi connectivity index (χ2n) is 8.06. The molecule has 0 aliphatic carbocycles. The molecule has 1 heterocycles. The van der Waals surface area contributed by atoms with E-state index in [0.717, 1.165) is 49.6 Å². The van der Waals surface area contributed by atoms with Crippen molar-refractivity contribution in [3.8, 4) is 0 Å². The number of amides is 1. The number of anilines is 1. The van der Waals surface area contributed by atoms with Crippen LogP contribution in [0, 0.1) is 5.92 Å². The number of likely N-dealkylation sites (tertiary alicyclic amines) is 1. The van der Waals surface area contributed by atoms with Crippen molar-refractivity contribution in [2.24, 2.45) is 5.92 Å². The molecule has 0 spiro atoms. The topological polar surface area (TPSA) is 35.6 Å². The van der Waals surface area contributed by atoms with Crippen molar-refractivity contribution >= 4 is 23.4 Å². The van der Waals surface area contributed by atoms with Gasteiger partial charge in [0.2, 0.25) is 5.91 Å². The summed E-state index contributed by atoms with van der Waals surface area (Å²) in [6.07, 6.45) is 4.35. The normalized spacial score (nSPS) is 16.7. The van der Waals surface area contributed by atoms with E-state index in [1.54, 1.807) is 11.8 Å². The average Bonchev–Trinajstić information content (AvgIpc) is 2.74. The van der Waals surface area contributed by atoms with Gasteiger partial charge in [-0.15, -0.1) is 11.8 Å². The largest absolute Gasteiger partial charge is 0.325 e. The van der Waals surface area contributed by atoms with Crippen LogP contribution in [0.15, 0.2) is 59.5 Å². The maximum Gasteiger partial charge on any atom is 0.241 e. The molecule has 0 aromatic heterocycles. The van der Waals surface area contributed by atoms with E-state index in [4.69, 9.17) is 0 Å². The molecule has 2 aromatic rings. The highest BCUT2D eigenvalue weighted by Crippen LogP contribution is 2.22. The lowest BCUT2D eigenvalue weighted by molar-refractivity contribution is -0.121. The predicted molar refractivity (Wildman–Crippen MR) is 123 cm³/mol. The van der Waals surface area contributed by atoms with Crippen LogP contribution >= 0.6 is 11.8 Å². The molecular formula is C24H33N3OS. The van der Waals surface area contributed by atoms with Crippen LogP contribution in [-0.4, -0.2) is 54.7 Å². The maximum absolute atomic E-state index is 12.7. The van der Waals surface area contributed by atoms with Gasteiger partial charge in [-0.05, 0) is 75.8 Å². The minimum absolute atomic E-state index is 0.0860. The van der Waals surface area contributed by atoms with Gasteiger partial charge < -0.3 is 10.2 Å². The first-order chi connectivity index (χ1) is 14.0. The molecule has 0 bridgehead atoms. The van der Waals surface area contributed by atoms with Crippen LogP contribution in [0.25, 0.3) is 0 Å². The fourth-order valence-corrected chi connectivity index (χ4v) is 4.50. The molecule has 3 rings (SSSR count). The van der Waals surface area contributed by atoms with Gasteiger partial charge in [-0.2, -0.15) is 0 Å². The summed E-state index contributed by atoms with van der Waals surface area (Å²) < 4.78 is 0. The second-order valence-corrected chi connectivity index (χ2v) is 8.94. The number of carbonyl (C=O) groups excluding carboxylic acids is 1. The third-order valence-electron chi connectivity index (χ3n) is 5.78. The Hall–Kier alpha value is -1.82. The Bertz CT molecular complexity index is 775. The molecule has 156 valence electrons. The van der Waals surface area contributed by atoms with Crippen molar-refractivity contribution in [2.45, 2.75) is 37.2 Å². The van der Waals surface area contributed by atoms with Crippen molar-refractivity contribution in [1.82, 2.24) is 9.80 Å². The third kappa shape index (κ3) is 6.59. The monoisotopic (exact) mass is 411 g/mol. The fourth-order valence-electron chi connectivity index (χ4n) is 4.04. The van der Waals surface area contributed by atoms with Gasteiger partial charge >= 0.3 is 0 Å². The number of benzene rings is 2. The molecule has 5 heteroatoms. The third-order valence-corrected chi connectivity index (χ3v) is 6.50. The SMILES string of the molecule is CSc1cccc(NC(=O)C(C)N2CCC(CN(C)Cc3ccccc3)CC2)c1.